The van der Waals surface area contributed by atoms with Crippen molar-refractivity contribution < 1.29 is 39.4 Å². The van der Waals surface area contributed by atoms with E-state index in [1.165, 1.54) is 17.0 Å². The topological polar surface area (TPSA) is 197 Å². The molecule has 1 saturated heterocycles. The van der Waals surface area contributed by atoms with Crippen molar-refractivity contribution in [3.05, 3.63) is 23.3 Å². The van der Waals surface area contributed by atoms with Crippen LogP contribution < -0.4 is 16.2 Å². The Hall–Kier alpha value is -2.83. The molecule has 0 unspecified atom stereocenters. The van der Waals surface area contributed by atoms with Crippen LogP contribution in [0.1, 0.15) is 28.8 Å². The first-order valence-corrected chi connectivity index (χ1v) is 9.03. The van der Waals surface area contributed by atoms with Gasteiger partial charge in [-0.3, -0.25) is 9.59 Å². The summed E-state index contributed by atoms with van der Waals surface area (Å²) in [6, 6.07) is 1.97. The Morgan fingerprint density at radius 1 is 1.28 bits per heavy atom. The van der Waals surface area contributed by atoms with E-state index < -0.39 is 42.5 Å². The Bertz CT molecular complexity index is 782. The van der Waals surface area contributed by atoms with E-state index in [1.807, 2.05) is 0 Å². The van der Waals surface area contributed by atoms with Gasteiger partial charge in [0.05, 0.1) is 19.1 Å². The number of carbonyl (C=O) groups excluding carboxylic acids is 2. The van der Waals surface area contributed by atoms with Gasteiger partial charge in [0.15, 0.2) is 0 Å². The van der Waals surface area contributed by atoms with Crippen LogP contribution in [0.2, 0.25) is 6.32 Å². The maximum absolute atomic E-state index is 12.2. The molecule has 12 heteroatoms. The molecule has 29 heavy (non-hydrogen) atoms. The molecule has 8 N–H and O–H groups in total. The highest BCUT2D eigenvalue weighted by atomic mass is 16.5. The van der Waals surface area contributed by atoms with Crippen LogP contribution in [-0.2, 0) is 16.0 Å². The quantitative estimate of drug-likeness (QED) is 0.244. The molecule has 2 rings (SSSR count). The number of benzene rings is 1. The van der Waals surface area contributed by atoms with Crippen LogP contribution in [0.25, 0.3) is 0 Å². The van der Waals surface area contributed by atoms with Gasteiger partial charge in [-0.1, -0.05) is 6.07 Å². The second-order valence-corrected chi connectivity index (χ2v) is 6.87. The zero-order valence-corrected chi connectivity index (χ0v) is 15.7. The summed E-state index contributed by atoms with van der Waals surface area (Å²) >= 11 is 0. The molecular formula is C17H24BN3O8. The molecule has 0 bridgehead atoms. The van der Waals surface area contributed by atoms with E-state index in [4.69, 9.17) is 26.3 Å². The minimum Gasteiger partial charge on any atom is -0.507 e. The minimum atomic E-state index is -1.58. The molecule has 0 radical (unpaired) electrons. The highest BCUT2D eigenvalue weighted by Gasteiger charge is 2.35. The Morgan fingerprint density at radius 3 is 2.48 bits per heavy atom. The normalized spacial score (nSPS) is 14.8. The van der Waals surface area contributed by atoms with Crippen molar-refractivity contribution in [1.82, 2.24) is 4.90 Å². The molecule has 158 valence electrons. The Balaban J connectivity index is 1.99. The van der Waals surface area contributed by atoms with Crippen LogP contribution in [0.15, 0.2) is 12.1 Å². The third kappa shape index (κ3) is 5.83. The third-order valence-electron chi connectivity index (χ3n) is 4.58. The van der Waals surface area contributed by atoms with Gasteiger partial charge in [-0.05, 0) is 30.8 Å². The fraction of sp³-hybridized carbons (Fsp3) is 0.471. The van der Waals surface area contributed by atoms with Gasteiger partial charge in [-0.15, -0.1) is 0 Å². The molecule has 1 aliphatic rings. The van der Waals surface area contributed by atoms with Crippen molar-refractivity contribution in [2.24, 2.45) is 11.5 Å². The van der Waals surface area contributed by atoms with Crippen molar-refractivity contribution in [2.45, 2.75) is 37.7 Å². The standard InChI is InChI=1S/C17H24BN3O8/c19-11(2-4-13(20)22)16(24)21-7-10(8-21)29-12-3-1-9(5-6-18(27)28)15(23)14(12)17(25)26/h1,3,10-11,23,27-28H,2,4-8,19H2,(H2,20,22)(H,25,26)/t11-/m1/s1. The maximum atomic E-state index is 12.2. The lowest BCUT2D eigenvalue weighted by Gasteiger charge is -2.40. The van der Waals surface area contributed by atoms with Crippen LogP contribution in [0, 0.1) is 0 Å². The number of rotatable bonds is 10. The zero-order chi connectivity index (χ0) is 21.7. The first-order chi connectivity index (χ1) is 13.6. The van der Waals surface area contributed by atoms with Gasteiger partial charge in [-0.2, -0.15) is 0 Å². The van der Waals surface area contributed by atoms with E-state index >= 15 is 0 Å². The molecule has 1 atom stereocenters. The van der Waals surface area contributed by atoms with Crippen molar-refractivity contribution in [3.63, 3.8) is 0 Å². The van der Waals surface area contributed by atoms with Crippen LogP contribution in [0.3, 0.4) is 0 Å². The smallest absolute Gasteiger partial charge is 0.451 e. The predicted octanol–water partition coefficient (Wildman–Crippen LogP) is -1.71. The van der Waals surface area contributed by atoms with E-state index in [9.17, 15) is 24.6 Å². The Morgan fingerprint density at radius 2 is 1.93 bits per heavy atom. The number of likely N-dealkylation sites (tertiary alicyclic amines) is 1. The number of nitrogens with two attached hydrogens (primary N) is 2. The van der Waals surface area contributed by atoms with E-state index in [0.29, 0.717) is 0 Å². The number of amides is 2. The molecular weight excluding hydrogens is 385 g/mol. The summed E-state index contributed by atoms with van der Waals surface area (Å²) < 4.78 is 5.61. The number of primary amides is 1. The number of carboxylic acid groups (broad SMARTS) is 1. The second kappa shape index (κ2) is 9.59. The van der Waals surface area contributed by atoms with Crippen molar-refractivity contribution >= 4 is 24.9 Å². The summed E-state index contributed by atoms with van der Waals surface area (Å²) in [5.74, 6) is -2.86. The van der Waals surface area contributed by atoms with Crippen LogP contribution in [0.4, 0.5) is 0 Å². The molecule has 0 spiro atoms. The Labute approximate surface area is 167 Å². The molecule has 1 heterocycles. The number of carbonyl (C=O) groups is 3. The van der Waals surface area contributed by atoms with Crippen molar-refractivity contribution in [2.75, 3.05) is 13.1 Å². The van der Waals surface area contributed by atoms with Gasteiger partial charge in [0.2, 0.25) is 11.8 Å². The number of carboxylic acids is 1. The van der Waals surface area contributed by atoms with Crippen molar-refractivity contribution in [3.8, 4) is 11.5 Å². The largest absolute Gasteiger partial charge is 0.507 e. The lowest BCUT2D eigenvalue weighted by atomic mass is 9.82. The predicted molar refractivity (Wildman–Crippen MR) is 101 cm³/mol. The van der Waals surface area contributed by atoms with E-state index in [1.54, 1.807) is 0 Å². The molecule has 2 amide bonds. The lowest BCUT2D eigenvalue weighted by molar-refractivity contribution is -0.141. The van der Waals surface area contributed by atoms with Gasteiger partial charge in [-0.25, -0.2) is 4.79 Å². The highest BCUT2D eigenvalue weighted by Crippen LogP contribution is 2.34. The third-order valence-corrected chi connectivity index (χ3v) is 4.58. The van der Waals surface area contributed by atoms with Crippen molar-refractivity contribution in [1.29, 1.82) is 0 Å². The molecule has 0 aromatic heterocycles. The zero-order valence-electron chi connectivity index (χ0n) is 15.7. The van der Waals surface area contributed by atoms with E-state index in [0.717, 1.165) is 0 Å². The average Bonchev–Trinajstić information content (AvgIpc) is 2.60. The summed E-state index contributed by atoms with van der Waals surface area (Å²) in [5, 5.41) is 37.5. The summed E-state index contributed by atoms with van der Waals surface area (Å²) in [5.41, 5.74) is 10.6. The molecule has 1 aromatic carbocycles. The van der Waals surface area contributed by atoms with E-state index in [2.05, 4.69) is 0 Å². The lowest BCUT2D eigenvalue weighted by Crippen LogP contribution is -2.60. The van der Waals surface area contributed by atoms with Gasteiger partial charge in [0.1, 0.15) is 23.2 Å². The summed E-state index contributed by atoms with van der Waals surface area (Å²) in [6.45, 7) is 0.364. The molecule has 1 fully saturated rings. The van der Waals surface area contributed by atoms with Gasteiger partial charge in [0.25, 0.3) is 0 Å². The SMILES string of the molecule is NC(=O)CC[C@@H](N)C(=O)N1CC(Oc2ccc(CCB(O)O)c(O)c2C(=O)O)C1. The first-order valence-electron chi connectivity index (χ1n) is 9.03. The van der Waals surface area contributed by atoms with E-state index in [-0.39, 0.29) is 55.9 Å². The molecule has 0 saturated carbocycles. The molecule has 1 aromatic rings. The van der Waals surface area contributed by atoms with Gasteiger partial charge >= 0.3 is 13.1 Å². The number of phenols is 1. The number of hydrogen-bond donors (Lipinski definition) is 6. The summed E-state index contributed by atoms with van der Waals surface area (Å²) in [4.78, 5) is 35.9. The second-order valence-electron chi connectivity index (χ2n) is 6.87. The van der Waals surface area contributed by atoms with Gasteiger partial charge in [0, 0.05) is 6.42 Å². The molecule has 11 nitrogen and oxygen atoms in total. The maximum Gasteiger partial charge on any atom is 0.451 e. The molecule has 1 aliphatic heterocycles. The summed E-state index contributed by atoms with van der Waals surface area (Å²) in [6.07, 6.45) is -0.342. The fourth-order valence-electron chi connectivity index (χ4n) is 2.93. The van der Waals surface area contributed by atoms with Crippen LogP contribution in [-0.4, -0.2) is 75.3 Å². The average molecular weight is 409 g/mol. The number of hydrogen-bond acceptors (Lipinski definition) is 8. The monoisotopic (exact) mass is 409 g/mol. The number of nitrogens with zero attached hydrogens (tertiary/aromatic N) is 1. The van der Waals surface area contributed by atoms with Gasteiger partial charge < -0.3 is 41.4 Å². The van der Waals surface area contributed by atoms with Crippen LogP contribution in [0.5, 0.6) is 11.5 Å². The number of aromatic carboxylic acids is 1. The fourth-order valence-corrected chi connectivity index (χ4v) is 2.93. The first kappa shape index (κ1) is 22.5. The summed E-state index contributed by atoms with van der Waals surface area (Å²) in [7, 11) is -1.58. The minimum absolute atomic E-state index is 0.00157. The number of aryl methyl sites for hydroxylation is 1. The number of aromatic hydroxyl groups is 1. The Kier molecular flexibility index (Phi) is 7.43. The van der Waals surface area contributed by atoms with Crippen LogP contribution >= 0.6 is 0 Å². The molecule has 0 aliphatic carbocycles. The number of ether oxygens (including phenoxy) is 1. The highest BCUT2D eigenvalue weighted by molar-refractivity contribution is 6.41.